The van der Waals surface area contributed by atoms with E-state index in [4.69, 9.17) is 0 Å². The van der Waals surface area contributed by atoms with Crippen LogP contribution in [0.4, 0.5) is 5.13 Å². The van der Waals surface area contributed by atoms with Gasteiger partial charge >= 0.3 is 5.97 Å². The van der Waals surface area contributed by atoms with Crippen LogP contribution in [0.2, 0.25) is 0 Å². The van der Waals surface area contributed by atoms with Crippen molar-refractivity contribution >= 4 is 33.8 Å². The number of rotatable bonds is 4. The first-order valence-corrected chi connectivity index (χ1v) is 7.52. The molecule has 0 amide bonds. The van der Waals surface area contributed by atoms with Gasteiger partial charge in [0.25, 0.3) is 0 Å². The fourth-order valence-electron chi connectivity index (χ4n) is 1.88. The second kappa shape index (κ2) is 5.71. The number of carbonyl (C=O) groups is 1. The molecule has 6 heteroatoms. The zero-order chi connectivity index (χ0) is 14.0. The number of aryl methyl sites for hydroxylation is 2. The van der Waals surface area contributed by atoms with Gasteiger partial charge in [-0.25, -0.2) is 9.78 Å². The predicted molar refractivity (Wildman–Crippen MR) is 79.3 cm³/mol. The Morgan fingerprint density at radius 2 is 2.16 bits per heavy atom. The van der Waals surface area contributed by atoms with Gasteiger partial charge in [-0.05, 0) is 32.4 Å². The van der Waals surface area contributed by atoms with E-state index in [9.17, 15) is 4.79 Å². The lowest BCUT2D eigenvalue weighted by atomic mass is 10.1. The fourth-order valence-corrected chi connectivity index (χ4v) is 3.72. The SMILES string of the molecule is COC(=O)c1cnc(NC(C)c2cc(C)sc2C)s1. The normalized spacial score (nSPS) is 12.2. The molecule has 102 valence electrons. The Labute approximate surface area is 120 Å². The maximum Gasteiger partial charge on any atom is 0.349 e. The lowest BCUT2D eigenvalue weighted by molar-refractivity contribution is 0.0606. The Hall–Kier alpha value is -1.40. The number of methoxy groups -OCH3 is 1. The quantitative estimate of drug-likeness (QED) is 0.872. The summed E-state index contributed by atoms with van der Waals surface area (Å²) >= 11 is 3.10. The first-order chi connectivity index (χ1) is 9.01. The number of nitrogens with zero attached hydrogens (tertiary/aromatic N) is 1. The monoisotopic (exact) mass is 296 g/mol. The van der Waals surface area contributed by atoms with E-state index in [1.54, 1.807) is 11.3 Å². The predicted octanol–water partition coefficient (Wildman–Crippen LogP) is 3.78. The first kappa shape index (κ1) is 14.0. The lowest BCUT2D eigenvalue weighted by Crippen LogP contribution is -2.06. The highest BCUT2D eigenvalue weighted by molar-refractivity contribution is 7.17. The van der Waals surface area contributed by atoms with Crippen LogP contribution in [-0.2, 0) is 4.74 Å². The zero-order valence-electron chi connectivity index (χ0n) is 11.3. The Kier molecular flexibility index (Phi) is 4.21. The van der Waals surface area contributed by atoms with E-state index < -0.39 is 0 Å². The second-order valence-electron chi connectivity index (χ2n) is 4.26. The van der Waals surface area contributed by atoms with E-state index in [-0.39, 0.29) is 12.0 Å². The van der Waals surface area contributed by atoms with Gasteiger partial charge in [-0.2, -0.15) is 0 Å². The van der Waals surface area contributed by atoms with Crippen molar-refractivity contribution in [2.24, 2.45) is 0 Å². The number of anilines is 1. The third-order valence-corrected chi connectivity index (χ3v) is 4.67. The maximum atomic E-state index is 11.4. The molecule has 2 rings (SSSR count). The van der Waals surface area contributed by atoms with Gasteiger partial charge in [-0.15, -0.1) is 11.3 Å². The number of hydrogen-bond acceptors (Lipinski definition) is 6. The highest BCUT2D eigenvalue weighted by Gasteiger charge is 2.15. The van der Waals surface area contributed by atoms with Gasteiger partial charge in [0, 0.05) is 9.75 Å². The molecule has 1 N–H and O–H groups in total. The zero-order valence-corrected chi connectivity index (χ0v) is 12.9. The number of hydrogen-bond donors (Lipinski definition) is 1. The van der Waals surface area contributed by atoms with Gasteiger partial charge < -0.3 is 10.1 Å². The smallest absolute Gasteiger partial charge is 0.349 e. The molecule has 4 nitrogen and oxygen atoms in total. The molecule has 1 atom stereocenters. The minimum atomic E-state index is -0.347. The van der Waals surface area contributed by atoms with Crippen molar-refractivity contribution in [2.45, 2.75) is 26.8 Å². The third kappa shape index (κ3) is 3.13. The van der Waals surface area contributed by atoms with E-state index in [0.717, 1.165) is 5.13 Å². The summed E-state index contributed by atoms with van der Waals surface area (Å²) in [4.78, 5) is 18.7. The molecule has 2 aromatic heterocycles. The summed E-state index contributed by atoms with van der Waals surface area (Å²) in [5, 5.41) is 4.05. The first-order valence-electron chi connectivity index (χ1n) is 5.89. The molecule has 0 saturated heterocycles. The Bertz CT molecular complexity index is 589. The fraction of sp³-hybridized carbons (Fsp3) is 0.385. The van der Waals surface area contributed by atoms with E-state index in [1.807, 2.05) is 0 Å². The minimum absolute atomic E-state index is 0.168. The summed E-state index contributed by atoms with van der Waals surface area (Å²) < 4.78 is 4.67. The van der Waals surface area contributed by atoms with E-state index in [1.165, 1.54) is 40.0 Å². The van der Waals surface area contributed by atoms with Crippen LogP contribution in [0, 0.1) is 13.8 Å². The van der Waals surface area contributed by atoms with Crippen LogP contribution in [0.3, 0.4) is 0 Å². The molecule has 0 aliphatic heterocycles. The molecule has 0 aliphatic carbocycles. The van der Waals surface area contributed by atoms with Crippen LogP contribution in [0.25, 0.3) is 0 Å². The summed E-state index contributed by atoms with van der Waals surface area (Å²) in [6.45, 7) is 6.31. The van der Waals surface area contributed by atoms with Crippen LogP contribution in [0.1, 0.15) is 38.0 Å². The van der Waals surface area contributed by atoms with Crippen LogP contribution < -0.4 is 5.32 Å². The molecule has 19 heavy (non-hydrogen) atoms. The number of ether oxygens (including phenoxy) is 1. The van der Waals surface area contributed by atoms with E-state index in [2.05, 4.69) is 41.9 Å². The maximum absolute atomic E-state index is 11.4. The largest absolute Gasteiger partial charge is 0.465 e. The van der Waals surface area contributed by atoms with E-state index >= 15 is 0 Å². The van der Waals surface area contributed by atoms with Gasteiger partial charge in [-0.3, -0.25) is 0 Å². The molecule has 0 fully saturated rings. The Morgan fingerprint density at radius 1 is 1.42 bits per heavy atom. The summed E-state index contributed by atoms with van der Waals surface area (Å²) in [5.41, 5.74) is 1.28. The minimum Gasteiger partial charge on any atom is -0.465 e. The number of thiophene rings is 1. The Morgan fingerprint density at radius 3 is 2.74 bits per heavy atom. The van der Waals surface area contributed by atoms with Crippen LogP contribution >= 0.6 is 22.7 Å². The number of carbonyl (C=O) groups excluding carboxylic acids is 1. The summed E-state index contributed by atoms with van der Waals surface area (Å²) in [6.07, 6.45) is 1.54. The third-order valence-electron chi connectivity index (χ3n) is 2.78. The van der Waals surface area contributed by atoms with Crippen LogP contribution in [-0.4, -0.2) is 18.1 Å². The highest BCUT2D eigenvalue weighted by Crippen LogP contribution is 2.30. The molecule has 2 heterocycles. The molecule has 0 aromatic carbocycles. The van der Waals surface area contributed by atoms with Gasteiger partial charge in [-0.1, -0.05) is 11.3 Å². The molecule has 0 radical (unpaired) electrons. The topological polar surface area (TPSA) is 51.2 Å². The molecular formula is C13H16N2O2S2. The average Bonchev–Trinajstić information content (AvgIpc) is 2.95. The summed E-state index contributed by atoms with van der Waals surface area (Å²) in [5.74, 6) is -0.347. The average molecular weight is 296 g/mol. The van der Waals surface area contributed by atoms with Gasteiger partial charge in [0.2, 0.25) is 0 Å². The highest BCUT2D eigenvalue weighted by atomic mass is 32.1. The molecule has 0 aliphatic rings. The van der Waals surface area contributed by atoms with Crippen molar-refractivity contribution in [1.29, 1.82) is 0 Å². The van der Waals surface area contributed by atoms with Crippen molar-refractivity contribution in [2.75, 3.05) is 12.4 Å². The van der Waals surface area contributed by atoms with Gasteiger partial charge in [0.05, 0.1) is 19.3 Å². The van der Waals surface area contributed by atoms with E-state index in [0.29, 0.717) is 4.88 Å². The van der Waals surface area contributed by atoms with Crippen molar-refractivity contribution in [3.8, 4) is 0 Å². The van der Waals surface area contributed by atoms with Gasteiger partial charge in [0.1, 0.15) is 4.88 Å². The molecule has 2 aromatic rings. The molecule has 1 unspecified atom stereocenters. The second-order valence-corrected chi connectivity index (χ2v) is 6.75. The van der Waals surface area contributed by atoms with Gasteiger partial charge in [0.15, 0.2) is 5.13 Å². The van der Waals surface area contributed by atoms with Crippen molar-refractivity contribution < 1.29 is 9.53 Å². The number of esters is 1. The number of aromatic nitrogens is 1. The number of thiazole rings is 1. The number of nitrogens with one attached hydrogen (secondary N) is 1. The molecule has 0 spiro atoms. The van der Waals surface area contributed by atoms with Crippen LogP contribution in [0.5, 0.6) is 0 Å². The standard InChI is InChI=1S/C13H16N2O2S2/c1-7-5-10(9(3)18-7)8(2)15-13-14-6-11(19-13)12(16)17-4/h5-6,8H,1-4H3,(H,14,15). The lowest BCUT2D eigenvalue weighted by Gasteiger charge is -2.12. The summed E-state index contributed by atoms with van der Waals surface area (Å²) in [7, 11) is 1.37. The molecular weight excluding hydrogens is 280 g/mol. The van der Waals surface area contributed by atoms with Crippen molar-refractivity contribution in [3.05, 3.63) is 32.5 Å². The van der Waals surface area contributed by atoms with Crippen LogP contribution in [0.15, 0.2) is 12.3 Å². The molecule has 0 bridgehead atoms. The van der Waals surface area contributed by atoms with Crippen molar-refractivity contribution in [3.63, 3.8) is 0 Å². The van der Waals surface area contributed by atoms with Crippen molar-refractivity contribution in [1.82, 2.24) is 4.98 Å². The Balaban J connectivity index is 2.11. The molecule has 0 saturated carbocycles. The summed E-state index contributed by atoms with van der Waals surface area (Å²) in [6, 6.07) is 2.36.